The van der Waals surface area contributed by atoms with Gasteiger partial charge < -0.3 is 5.11 Å². The number of hydrogen-bond donors (Lipinski definition) is 1. The maximum Gasteiger partial charge on any atom is 0.320 e. The Morgan fingerprint density at radius 3 is 2.47 bits per heavy atom. The molecular weight excluding hydrogens is 190 g/mol. The summed E-state index contributed by atoms with van der Waals surface area (Å²) in [4.78, 5) is 13.0. The number of likely N-dealkylation sites (N-methyl/N-ethyl adjacent to an activating group) is 1. The highest BCUT2D eigenvalue weighted by Gasteiger charge is 2.27. The van der Waals surface area contributed by atoms with Gasteiger partial charge in [-0.3, -0.25) is 9.69 Å². The molecule has 0 saturated heterocycles. The van der Waals surface area contributed by atoms with Crippen LogP contribution in [0, 0.1) is 5.92 Å². The van der Waals surface area contributed by atoms with Crippen LogP contribution in [-0.2, 0) is 4.79 Å². The summed E-state index contributed by atoms with van der Waals surface area (Å²) >= 11 is 0. The molecule has 1 saturated carbocycles. The average molecular weight is 213 g/mol. The fourth-order valence-electron chi connectivity index (χ4n) is 2.32. The molecule has 15 heavy (non-hydrogen) atoms. The van der Waals surface area contributed by atoms with E-state index < -0.39 is 5.97 Å². The molecule has 0 aromatic heterocycles. The molecule has 1 rings (SSSR count). The molecule has 3 heteroatoms. The molecule has 0 aliphatic heterocycles. The first-order valence-corrected chi connectivity index (χ1v) is 6.01. The third kappa shape index (κ3) is 3.20. The van der Waals surface area contributed by atoms with Crippen molar-refractivity contribution >= 4 is 5.97 Å². The predicted octanol–water partition coefficient (Wildman–Crippen LogP) is 2.36. The summed E-state index contributed by atoms with van der Waals surface area (Å²) in [5, 5.41) is 9.06. The monoisotopic (exact) mass is 213 g/mol. The molecule has 2 atom stereocenters. The topological polar surface area (TPSA) is 40.5 Å². The van der Waals surface area contributed by atoms with Crippen molar-refractivity contribution in [2.24, 2.45) is 5.92 Å². The predicted molar refractivity (Wildman–Crippen MR) is 60.9 cm³/mol. The van der Waals surface area contributed by atoms with Crippen LogP contribution >= 0.6 is 0 Å². The quantitative estimate of drug-likeness (QED) is 0.736. The first-order valence-electron chi connectivity index (χ1n) is 6.01. The lowest BCUT2D eigenvalue weighted by Crippen LogP contribution is -2.44. The van der Waals surface area contributed by atoms with Crippen molar-refractivity contribution in [3.8, 4) is 0 Å². The van der Waals surface area contributed by atoms with E-state index in [4.69, 9.17) is 5.11 Å². The second-order valence-electron chi connectivity index (χ2n) is 4.81. The lowest BCUT2D eigenvalue weighted by molar-refractivity contribution is -0.143. The molecule has 1 fully saturated rings. The van der Waals surface area contributed by atoms with E-state index in [1.165, 1.54) is 19.3 Å². The molecule has 0 bridgehead atoms. The Hall–Kier alpha value is -0.570. The maximum absolute atomic E-state index is 11.0. The van der Waals surface area contributed by atoms with E-state index in [1.54, 1.807) is 0 Å². The van der Waals surface area contributed by atoms with Gasteiger partial charge >= 0.3 is 5.97 Å². The van der Waals surface area contributed by atoms with E-state index in [0.29, 0.717) is 12.5 Å². The average Bonchev–Trinajstić information content (AvgIpc) is 2.11. The first-order chi connectivity index (χ1) is 7.06. The van der Waals surface area contributed by atoms with Crippen molar-refractivity contribution in [3.05, 3.63) is 0 Å². The molecule has 1 aliphatic rings. The van der Waals surface area contributed by atoms with Crippen LogP contribution in [0.4, 0.5) is 0 Å². The molecule has 0 aromatic rings. The van der Waals surface area contributed by atoms with E-state index in [-0.39, 0.29) is 6.04 Å². The zero-order valence-electron chi connectivity index (χ0n) is 10.1. The highest BCUT2D eigenvalue weighted by molar-refractivity contribution is 5.73. The van der Waals surface area contributed by atoms with E-state index in [9.17, 15) is 4.79 Å². The largest absolute Gasteiger partial charge is 0.480 e. The van der Waals surface area contributed by atoms with Crippen molar-refractivity contribution in [1.82, 2.24) is 4.90 Å². The van der Waals surface area contributed by atoms with Crippen LogP contribution in [0.3, 0.4) is 0 Å². The van der Waals surface area contributed by atoms with Gasteiger partial charge in [0.1, 0.15) is 6.04 Å². The van der Waals surface area contributed by atoms with Crippen LogP contribution in [0.5, 0.6) is 0 Å². The molecule has 0 amide bonds. The number of carboxylic acid groups (broad SMARTS) is 1. The van der Waals surface area contributed by atoms with E-state index in [1.807, 2.05) is 18.9 Å². The Morgan fingerprint density at radius 1 is 1.53 bits per heavy atom. The van der Waals surface area contributed by atoms with E-state index in [2.05, 4.69) is 6.92 Å². The third-order valence-electron chi connectivity index (χ3n) is 3.76. The second-order valence-corrected chi connectivity index (χ2v) is 4.81. The van der Waals surface area contributed by atoms with Crippen LogP contribution in [0.15, 0.2) is 0 Å². The second kappa shape index (κ2) is 5.50. The van der Waals surface area contributed by atoms with Gasteiger partial charge in [-0.1, -0.05) is 26.2 Å². The third-order valence-corrected chi connectivity index (χ3v) is 3.76. The Kier molecular flexibility index (Phi) is 4.58. The molecule has 3 nitrogen and oxygen atoms in total. The SMILES string of the molecule is CCC(C(=O)O)N(C)C(C)CC1CCC1. The number of nitrogens with zero attached hydrogens (tertiary/aromatic N) is 1. The summed E-state index contributed by atoms with van der Waals surface area (Å²) in [6, 6.07) is 0.0661. The van der Waals surface area contributed by atoms with Crippen LogP contribution in [0.2, 0.25) is 0 Å². The van der Waals surface area contributed by atoms with Crippen LogP contribution < -0.4 is 0 Å². The van der Waals surface area contributed by atoms with Gasteiger partial charge in [0.25, 0.3) is 0 Å². The molecule has 0 radical (unpaired) electrons. The highest BCUT2D eigenvalue weighted by atomic mass is 16.4. The molecule has 88 valence electrons. The normalized spacial score (nSPS) is 21.1. The van der Waals surface area contributed by atoms with Crippen molar-refractivity contribution in [1.29, 1.82) is 0 Å². The van der Waals surface area contributed by atoms with Gasteiger partial charge in [0.2, 0.25) is 0 Å². The summed E-state index contributed by atoms with van der Waals surface area (Å²) < 4.78 is 0. The van der Waals surface area contributed by atoms with Crippen LogP contribution in [-0.4, -0.2) is 35.1 Å². The van der Waals surface area contributed by atoms with Gasteiger partial charge in [-0.15, -0.1) is 0 Å². The van der Waals surface area contributed by atoms with E-state index >= 15 is 0 Å². The fourth-order valence-corrected chi connectivity index (χ4v) is 2.32. The summed E-state index contributed by atoms with van der Waals surface area (Å²) in [7, 11) is 1.94. The van der Waals surface area contributed by atoms with Gasteiger partial charge in [0.05, 0.1) is 0 Å². The molecule has 1 aliphatic carbocycles. The van der Waals surface area contributed by atoms with Crippen LogP contribution in [0.1, 0.15) is 46.0 Å². The number of carbonyl (C=O) groups is 1. The van der Waals surface area contributed by atoms with Crippen molar-refractivity contribution in [3.63, 3.8) is 0 Å². The maximum atomic E-state index is 11.0. The van der Waals surface area contributed by atoms with E-state index in [0.717, 1.165) is 12.3 Å². The molecule has 0 spiro atoms. The molecule has 2 unspecified atom stereocenters. The summed E-state index contributed by atoms with van der Waals surface area (Å²) in [5.41, 5.74) is 0. The van der Waals surface area contributed by atoms with Crippen molar-refractivity contribution in [2.75, 3.05) is 7.05 Å². The highest BCUT2D eigenvalue weighted by Crippen LogP contribution is 2.31. The zero-order valence-corrected chi connectivity index (χ0v) is 10.1. The number of aliphatic carboxylic acids is 1. The van der Waals surface area contributed by atoms with Gasteiger partial charge in [-0.2, -0.15) is 0 Å². The summed E-state index contributed by atoms with van der Waals surface area (Å²) in [5.74, 6) is 0.147. The molecular formula is C12H23NO2. The van der Waals surface area contributed by atoms with Gasteiger partial charge in [0.15, 0.2) is 0 Å². The number of hydrogen-bond acceptors (Lipinski definition) is 2. The Bertz CT molecular complexity index is 214. The molecule has 0 heterocycles. The Labute approximate surface area is 92.5 Å². The van der Waals surface area contributed by atoms with Gasteiger partial charge in [0, 0.05) is 6.04 Å². The number of carboxylic acids is 1. The van der Waals surface area contributed by atoms with Crippen molar-refractivity contribution in [2.45, 2.75) is 58.0 Å². The summed E-state index contributed by atoms with van der Waals surface area (Å²) in [6.45, 7) is 4.08. The Balaban J connectivity index is 2.41. The minimum Gasteiger partial charge on any atom is -0.480 e. The minimum atomic E-state index is -0.694. The van der Waals surface area contributed by atoms with Gasteiger partial charge in [-0.25, -0.2) is 0 Å². The smallest absolute Gasteiger partial charge is 0.320 e. The van der Waals surface area contributed by atoms with Crippen LogP contribution in [0.25, 0.3) is 0 Å². The van der Waals surface area contributed by atoms with Gasteiger partial charge in [-0.05, 0) is 32.7 Å². The fraction of sp³-hybridized carbons (Fsp3) is 0.917. The lowest BCUT2D eigenvalue weighted by atomic mass is 9.81. The molecule has 1 N–H and O–H groups in total. The number of rotatable bonds is 6. The first kappa shape index (κ1) is 12.5. The standard InChI is InChI=1S/C12H23NO2/c1-4-11(12(14)15)13(3)9(2)8-10-6-5-7-10/h9-11H,4-8H2,1-3H3,(H,14,15). The lowest BCUT2D eigenvalue weighted by Gasteiger charge is -2.35. The zero-order chi connectivity index (χ0) is 11.4. The van der Waals surface area contributed by atoms with Crippen molar-refractivity contribution < 1.29 is 9.90 Å². The molecule has 0 aromatic carbocycles. The Morgan fingerprint density at radius 2 is 2.13 bits per heavy atom. The summed E-state index contributed by atoms with van der Waals surface area (Å²) in [6.07, 6.45) is 5.86. The minimum absolute atomic E-state index is 0.319.